The van der Waals surface area contributed by atoms with Crippen LogP contribution >= 0.6 is 11.3 Å². The lowest BCUT2D eigenvalue weighted by atomic mass is 10.1. The molecule has 1 saturated heterocycles. The first-order valence-electron chi connectivity index (χ1n) is 11.5. The molecule has 1 fully saturated rings. The lowest BCUT2D eigenvalue weighted by Crippen LogP contribution is -2.38. The molecule has 11 heteroatoms. The number of nitrogens with two attached hydrogens (primary N) is 1. The van der Waals surface area contributed by atoms with Crippen molar-refractivity contribution in [2.24, 2.45) is 0 Å². The summed E-state index contributed by atoms with van der Waals surface area (Å²) in [6.07, 6.45) is 4.61. The number of nitrogens with zero attached hydrogens (tertiary/aromatic N) is 6. The number of benzene rings is 1. The second kappa shape index (κ2) is 9.75. The van der Waals surface area contributed by atoms with Crippen molar-refractivity contribution in [2.45, 2.75) is 32.7 Å². The van der Waals surface area contributed by atoms with Gasteiger partial charge in [-0.1, -0.05) is 18.1 Å². The number of nitrogen functional groups attached to an aromatic ring is 1. The molecular weight excluding hydrogens is 476 g/mol. The number of carbonyl (C=O) groups is 2. The number of aryl methyl sites for hydroxylation is 1. The van der Waals surface area contributed by atoms with Crippen LogP contribution in [-0.2, 0) is 4.79 Å². The summed E-state index contributed by atoms with van der Waals surface area (Å²) < 4.78 is 1.89. The van der Waals surface area contributed by atoms with Crippen molar-refractivity contribution in [1.29, 1.82) is 0 Å². The van der Waals surface area contributed by atoms with Crippen molar-refractivity contribution in [3.8, 4) is 23.1 Å². The molecule has 0 spiro atoms. The summed E-state index contributed by atoms with van der Waals surface area (Å²) in [6, 6.07) is 7.22. The summed E-state index contributed by atoms with van der Waals surface area (Å²) >= 11 is 1.42. The number of piperidine rings is 1. The molecule has 1 aliphatic heterocycles. The van der Waals surface area contributed by atoms with E-state index in [1.807, 2.05) is 23.7 Å². The van der Waals surface area contributed by atoms with E-state index in [2.05, 4.69) is 32.1 Å². The van der Waals surface area contributed by atoms with E-state index in [4.69, 9.17) is 10.8 Å². The molecule has 2 amide bonds. The molecule has 0 bridgehead atoms. The summed E-state index contributed by atoms with van der Waals surface area (Å²) in [5, 5.41) is 8.94. The van der Waals surface area contributed by atoms with Gasteiger partial charge in [0.2, 0.25) is 0 Å². The van der Waals surface area contributed by atoms with E-state index in [0.717, 1.165) is 23.3 Å². The number of nitrogens with one attached hydrogen (secondary N) is 1. The predicted molar refractivity (Wildman–Crippen MR) is 138 cm³/mol. The van der Waals surface area contributed by atoms with Crippen LogP contribution in [0.3, 0.4) is 0 Å². The second-order valence-electron chi connectivity index (χ2n) is 8.46. The van der Waals surface area contributed by atoms with E-state index < -0.39 is 0 Å². The standard InChI is InChI=1S/C25H24N8O2S/c1-3-4-19(34)32-11-9-18(10-12-32)33-23-20(22(26)28-14-29-23)21(31-33)16-5-7-17(8-6-16)24(35)30-25-27-13-15(2)36-25/h5-8,13-14,18H,9-12H2,1-2H3,(H2,26,28,29)(H,27,30,35). The number of carbonyl (C=O) groups excluding carboxylic acids is 2. The van der Waals surface area contributed by atoms with Crippen molar-refractivity contribution < 1.29 is 9.59 Å². The molecule has 3 N–H and O–H groups in total. The van der Waals surface area contributed by atoms with E-state index >= 15 is 0 Å². The molecule has 10 nitrogen and oxygen atoms in total. The van der Waals surface area contributed by atoms with Gasteiger partial charge in [0, 0.05) is 35.3 Å². The van der Waals surface area contributed by atoms with E-state index in [1.54, 1.807) is 30.2 Å². The SMILES string of the molecule is CC#CC(=O)N1CCC(n2nc(-c3ccc(C(=O)Nc4ncc(C)s4)cc3)c3c(N)ncnc32)CC1. The molecule has 3 aromatic heterocycles. The first kappa shape index (κ1) is 23.4. The molecule has 182 valence electrons. The van der Waals surface area contributed by atoms with Crippen molar-refractivity contribution in [2.75, 3.05) is 24.1 Å². The number of thiazole rings is 1. The van der Waals surface area contributed by atoms with Gasteiger partial charge in [-0.15, -0.1) is 11.3 Å². The topological polar surface area (TPSA) is 132 Å². The summed E-state index contributed by atoms with van der Waals surface area (Å²) in [4.78, 5) is 40.4. The van der Waals surface area contributed by atoms with Crippen molar-refractivity contribution in [1.82, 2.24) is 29.6 Å². The Bertz CT molecular complexity index is 1500. The third-order valence-electron chi connectivity index (χ3n) is 6.11. The van der Waals surface area contributed by atoms with E-state index in [0.29, 0.717) is 46.3 Å². The Hall–Kier alpha value is -4.30. The van der Waals surface area contributed by atoms with Gasteiger partial charge in [-0.3, -0.25) is 14.9 Å². The Morgan fingerprint density at radius 1 is 1.14 bits per heavy atom. The number of rotatable bonds is 4. The zero-order valence-electron chi connectivity index (χ0n) is 19.9. The number of likely N-dealkylation sites (tertiary alicyclic amines) is 1. The minimum absolute atomic E-state index is 0.0565. The van der Waals surface area contributed by atoms with Gasteiger partial charge in [-0.2, -0.15) is 5.10 Å². The largest absolute Gasteiger partial charge is 0.383 e. The average molecular weight is 501 g/mol. The van der Waals surface area contributed by atoms with Crippen LogP contribution in [0.4, 0.5) is 10.9 Å². The van der Waals surface area contributed by atoms with Crippen LogP contribution in [-0.4, -0.2) is 54.5 Å². The molecule has 5 rings (SSSR count). The average Bonchev–Trinajstić information content (AvgIpc) is 3.48. The Morgan fingerprint density at radius 2 is 1.89 bits per heavy atom. The van der Waals surface area contributed by atoms with Gasteiger partial charge in [0.05, 0.1) is 11.4 Å². The van der Waals surface area contributed by atoms with Crippen LogP contribution in [0.1, 0.15) is 41.0 Å². The van der Waals surface area contributed by atoms with Gasteiger partial charge >= 0.3 is 0 Å². The van der Waals surface area contributed by atoms with Crippen molar-refractivity contribution in [3.05, 3.63) is 47.2 Å². The molecule has 1 aliphatic rings. The van der Waals surface area contributed by atoms with Gasteiger partial charge in [0.15, 0.2) is 10.8 Å². The Labute approximate surface area is 211 Å². The summed E-state index contributed by atoms with van der Waals surface area (Å²) in [7, 11) is 0. The maximum absolute atomic E-state index is 12.6. The molecule has 4 aromatic rings. The van der Waals surface area contributed by atoms with Crippen LogP contribution < -0.4 is 11.1 Å². The fraction of sp³-hybridized carbons (Fsp3) is 0.280. The maximum atomic E-state index is 12.6. The number of hydrogen-bond acceptors (Lipinski definition) is 8. The minimum atomic E-state index is -0.233. The Balaban J connectivity index is 1.42. The molecule has 1 aromatic carbocycles. The number of fused-ring (bicyclic) bond motifs is 1. The van der Waals surface area contributed by atoms with Crippen LogP contribution in [0.15, 0.2) is 36.8 Å². The Morgan fingerprint density at radius 3 is 2.56 bits per heavy atom. The maximum Gasteiger partial charge on any atom is 0.298 e. The zero-order chi connectivity index (χ0) is 25.2. The first-order chi connectivity index (χ1) is 17.4. The number of aromatic nitrogens is 5. The van der Waals surface area contributed by atoms with Gasteiger partial charge < -0.3 is 10.6 Å². The van der Waals surface area contributed by atoms with Gasteiger partial charge in [-0.25, -0.2) is 19.6 Å². The highest BCUT2D eigenvalue weighted by Crippen LogP contribution is 2.34. The van der Waals surface area contributed by atoms with E-state index in [9.17, 15) is 9.59 Å². The van der Waals surface area contributed by atoms with Crippen molar-refractivity contribution in [3.63, 3.8) is 0 Å². The smallest absolute Gasteiger partial charge is 0.298 e. The van der Waals surface area contributed by atoms with Gasteiger partial charge in [0.1, 0.15) is 17.8 Å². The number of hydrogen-bond donors (Lipinski definition) is 2. The lowest BCUT2D eigenvalue weighted by Gasteiger charge is -2.30. The van der Waals surface area contributed by atoms with Gasteiger partial charge in [-0.05, 0) is 44.7 Å². The van der Waals surface area contributed by atoms with E-state index in [-0.39, 0.29) is 17.9 Å². The molecule has 0 atom stereocenters. The fourth-order valence-corrected chi connectivity index (χ4v) is 4.97. The Kier molecular flexibility index (Phi) is 6.35. The normalized spacial score (nSPS) is 13.9. The van der Waals surface area contributed by atoms with Crippen LogP contribution in [0.2, 0.25) is 0 Å². The molecule has 36 heavy (non-hydrogen) atoms. The summed E-state index contributed by atoms with van der Waals surface area (Å²) in [5.74, 6) is 5.23. The molecule has 0 unspecified atom stereocenters. The first-order valence-corrected chi connectivity index (χ1v) is 12.3. The highest BCUT2D eigenvalue weighted by molar-refractivity contribution is 7.15. The lowest BCUT2D eigenvalue weighted by molar-refractivity contribution is -0.126. The van der Waals surface area contributed by atoms with E-state index in [1.165, 1.54) is 17.7 Å². The van der Waals surface area contributed by atoms with Crippen LogP contribution in [0.25, 0.3) is 22.3 Å². The monoisotopic (exact) mass is 500 g/mol. The van der Waals surface area contributed by atoms with Crippen LogP contribution in [0.5, 0.6) is 0 Å². The second-order valence-corrected chi connectivity index (χ2v) is 9.69. The number of amides is 2. The zero-order valence-corrected chi connectivity index (χ0v) is 20.7. The molecular formula is C25H24N8O2S. The molecule has 0 aliphatic carbocycles. The molecule has 0 saturated carbocycles. The third-order valence-corrected chi connectivity index (χ3v) is 6.94. The minimum Gasteiger partial charge on any atom is -0.383 e. The highest BCUT2D eigenvalue weighted by Gasteiger charge is 2.27. The number of anilines is 2. The summed E-state index contributed by atoms with van der Waals surface area (Å²) in [5.41, 5.74) is 8.86. The van der Waals surface area contributed by atoms with Gasteiger partial charge in [0.25, 0.3) is 11.8 Å². The third kappa shape index (κ3) is 4.50. The highest BCUT2D eigenvalue weighted by atomic mass is 32.1. The van der Waals surface area contributed by atoms with Crippen molar-refractivity contribution >= 4 is 45.1 Å². The molecule has 0 radical (unpaired) electrons. The predicted octanol–water partition coefficient (Wildman–Crippen LogP) is 3.28. The van der Waals surface area contributed by atoms with Crippen LogP contribution in [0, 0.1) is 18.8 Å². The quantitative estimate of drug-likeness (QED) is 0.411. The summed E-state index contributed by atoms with van der Waals surface area (Å²) in [6.45, 7) is 4.79. The molecule has 4 heterocycles. The fourth-order valence-electron chi connectivity index (χ4n) is 4.31.